The van der Waals surface area contributed by atoms with Crippen molar-refractivity contribution in [2.75, 3.05) is 24.7 Å². The number of rotatable bonds is 3. The molecule has 1 saturated heterocycles. The molecule has 1 aromatic carbocycles. The molecule has 102 valence electrons. The molecule has 0 aliphatic carbocycles. The number of nitrogens with one attached hydrogen (secondary N) is 2. The summed E-state index contributed by atoms with van der Waals surface area (Å²) in [5.41, 5.74) is 2.35. The van der Waals surface area contributed by atoms with Crippen molar-refractivity contribution in [3.63, 3.8) is 0 Å². The smallest absolute Gasteiger partial charge is 0.150 e. The summed E-state index contributed by atoms with van der Waals surface area (Å²) in [5.74, 6) is 0. The molecule has 0 saturated carbocycles. The van der Waals surface area contributed by atoms with Gasteiger partial charge < -0.3 is 10.6 Å². The number of aromatic nitrogens is 1. The highest BCUT2D eigenvalue weighted by Crippen LogP contribution is 2.30. The minimum atomic E-state index is 0.598. The zero-order chi connectivity index (χ0) is 13.1. The van der Waals surface area contributed by atoms with Crippen molar-refractivity contribution >= 4 is 39.0 Å². The Bertz CT molecular complexity index is 545. The van der Waals surface area contributed by atoms with Gasteiger partial charge in [-0.1, -0.05) is 11.8 Å². The molecule has 0 amide bonds. The van der Waals surface area contributed by atoms with E-state index in [1.165, 1.54) is 29.6 Å². The highest BCUT2D eigenvalue weighted by atomic mass is 32.2. The molecule has 0 spiro atoms. The molecule has 2 aromatic rings. The van der Waals surface area contributed by atoms with Crippen molar-refractivity contribution in [2.24, 2.45) is 0 Å². The maximum Gasteiger partial charge on any atom is 0.150 e. The third-order valence-electron chi connectivity index (χ3n) is 3.49. The fourth-order valence-electron chi connectivity index (χ4n) is 2.48. The standard InChI is InChI=1S/C14H19N3S2/c1-18-14-17-12-5-4-11(9-13(12)19-14)16-10-3-2-7-15-8-6-10/h4-5,9-10,15-16H,2-3,6-8H2,1H3. The van der Waals surface area contributed by atoms with Gasteiger partial charge in [-0.15, -0.1) is 11.3 Å². The van der Waals surface area contributed by atoms with Crippen LogP contribution in [0, 0.1) is 0 Å². The third kappa shape index (κ3) is 3.22. The van der Waals surface area contributed by atoms with Crippen molar-refractivity contribution < 1.29 is 0 Å². The summed E-state index contributed by atoms with van der Waals surface area (Å²) in [7, 11) is 0. The van der Waals surface area contributed by atoms with Crippen LogP contribution in [-0.4, -0.2) is 30.4 Å². The Balaban J connectivity index is 1.76. The van der Waals surface area contributed by atoms with E-state index in [0.29, 0.717) is 6.04 Å². The number of fused-ring (bicyclic) bond motifs is 1. The Hall–Kier alpha value is -0.780. The minimum Gasteiger partial charge on any atom is -0.382 e. The van der Waals surface area contributed by atoms with Gasteiger partial charge in [-0.25, -0.2) is 4.98 Å². The maximum atomic E-state index is 4.58. The van der Waals surface area contributed by atoms with E-state index in [1.807, 2.05) is 0 Å². The lowest BCUT2D eigenvalue weighted by atomic mass is 10.1. The number of hydrogen-bond donors (Lipinski definition) is 2. The summed E-state index contributed by atoms with van der Waals surface area (Å²) in [6, 6.07) is 7.12. The molecule has 5 heteroatoms. The molecule has 3 rings (SSSR count). The number of benzene rings is 1. The van der Waals surface area contributed by atoms with Gasteiger partial charge in [0, 0.05) is 11.7 Å². The molecule has 1 aromatic heterocycles. The zero-order valence-corrected chi connectivity index (χ0v) is 12.7. The summed E-state index contributed by atoms with van der Waals surface area (Å²) in [4.78, 5) is 4.58. The number of nitrogens with zero attached hydrogens (tertiary/aromatic N) is 1. The quantitative estimate of drug-likeness (QED) is 0.848. The SMILES string of the molecule is CSc1nc2ccc(NC3CCCNCC3)cc2s1. The number of thiazole rings is 1. The minimum absolute atomic E-state index is 0.598. The van der Waals surface area contributed by atoms with E-state index < -0.39 is 0 Å². The average Bonchev–Trinajstić information content (AvgIpc) is 2.67. The van der Waals surface area contributed by atoms with E-state index in [0.717, 1.165) is 22.9 Å². The van der Waals surface area contributed by atoms with Crippen LogP contribution >= 0.6 is 23.1 Å². The second kappa shape index (κ2) is 6.11. The predicted molar refractivity (Wildman–Crippen MR) is 85.5 cm³/mol. The molecule has 1 fully saturated rings. The van der Waals surface area contributed by atoms with E-state index in [-0.39, 0.29) is 0 Å². The molecule has 2 N–H and O–H groups in total. The first-order chi connectivity index (χ1) is 9.35. The largest absolute Gasteiger partial charge is 0.382 e. The Kier molecular flexibility index (Phi) is 4.25. The van der Waals surface area contributed by atoms with Gasteiger partial charge in [-0.2, -0.15) is 0 Å². The average molecular weight is 293 g/mol. The second-order valence-electron chi connectivity index (χ2n) is 4.89. The van der Waals surface area contributed by atoms with Crippen molar-refractivity contribution in [3.8, 4) is 0 Å². The molecule has 0 radical (unpaired) electrons. The Labute approximate surface area is 122 Å². The van der Waals surface area contributed by atoms with Gasteiger partial charge in [0.1, 0.15) is 0 Å². The van der Waals surface area contributed by atoms with Crippen LogP contribution in [-0.2, 0) is 0 Å². The van der Waals surface area contributed by atoms with Gasteiger partial charge in [0.2, 0.25) is 0 Å². The zero-order valence-electron chi connectivity index (χ0n) is 11.1. The van der Waals surface area contributed by atoms with Gasteiger partial charge in [-0.05, 0) is 56.8 Å². The normalized spacial score (nSPS) is 20.4. The maximum absolute atomic E-state index is 4.58. The topological polar surface area (TPSA) is 37.0 Å². The fourth-order valence-corrected chi connectivity index (χ4v) is 4.01. The highest BCUT2D eigenvalue weighted by molar-refractivity contribution is 8.00. The summed E-state index contributed by atoms with van der Waals surface area (Å²) in [5, 5.41) is 7.13. The number of anilines is 1. The van der Waals surface area contributed by atoms with Crippen molar-refractivity contribution in [3.05, 3.63) is 18.2 Å². The summed E-state index contributed by atoms with van der Waals surface area (Å²) in [6.07, 6.45) is 5.80. The fraction of sp³-hybridized carbons (Fsp3) is 0.500. The van der Waals surface area contributed by atoms with Gasteiger partial charge in [0.15, 0.2) is 4.34 Å². The lowest BCUT2D eigenvalue weighted by molar-refractivity contribution is 0.638. The van der Waals surface area contributed by atoms with E-state index in [1.54, 1.807) is 23.1 Å². The first-order valence-corrected chi connectivity index (χ1v) is 8.81. The van der Waals surface area contributed by atoms with Gasteiger partial charge in [0.05, 0.1) is 10.2 Å². The van der Waals surface area contributed by atoms with Crippen molar-refractivity contribution in [1.29, 1.82) is 0 Å². The molecule has 1 unspecified atom stereocenters. The van der Waals surface area contributed by atoms with Crippen LogP contribution in [0.2, 0.25) is 0 Å². The molecule has 19 heavy (non-hydrogen) atoms. The van der Waals surface area contributed by atoms with Gasteiger partial charge >= 0.3 is 0 Å². The summed E-state index contributed by atoms with van der Waals surface area (Å²) >= 11 is 3.49. The van der Waals surface area contributed by atoms with Crippen LogP contribution in [0.25, 0.3) is 10.2 Å². The first kappa shape index (κ1) is 13.2. The summed E-state index contributed by atoms with van der Waals surface area (Å²) in [6.45, 7) is 2.28. The molecule has 3 nitrogen and oxygen atoms in total. The molecule has 0 bridgehead atoms. The number of thioether (sulfide) groups is 1. The lowest BCUT2D eigenvalue weighted by Gasteiger charge is -2.17. The highest BCUT2D eigenvalue weighted by Gasteiger charge is 2.12. The summed E-state index contributed by atoms with van der Waals surface area (Å²) < 4.78 is 2.42. The Morgan fingerprint density at radius 1 is 1.37 bits per heavy atom. The van der Waals surface area contributed by atoms with Crippen LogP contribution in [0.5, 0.6) is 0 Å². The molecule has 1 aliphatic heterocycles. The third-order valence-corrected chi connectivity index (χ3v) is 5.49. The van der Waals surface area contributed by atoms with Gasteiger partial charge in [0.25, 0.3) is 0 Å². The molecule has 2 heterocycles. The Morgan fingerprint density at radius 2 is 2.32 bits per heavy atom. The predicted octanol–water partition coefficient (Wildman–Crippen LogP) is 3.57. The molecular formula is C14H19N3S2. The van der Waals surface area contributed by atoms with E-state index in [4.69, 9.17) is 0 Å². The molecule has 1 aliphatic rings. The molecule has 1 atom stereocenters. The number of hydrogen-bond acceptors (Lipinski definition) is 5. The van der Waals surface area contributed by atoms with E-state index in [9.17, 15) is 0 Å². The van der Waals surface area contributed by atoms with E-state index >= 15 is 0 Å². The van der Waals surface area contributed by atoms with Crippen LogP contribution in [0.4, 0.5) is 5.69 Å². The van der Waals surface area contributed by atoms with Crippen LogP contribution in [0.15, 0.2) is 22.5 Å². The monoisotopic (exact) mass is 293 g/mol. The van der Waals surface area contributed by atoms with E-state index in [2.05, 4.69) is 40.1 Å². The second-order valence-corrected chi connectivity index (χ2v) is 6.97. The van der Waals surface area contributed by atoms with Crippen LogP contribution in [0.3, 0.4) is 0 Å². The van der Waals surface area contributed by atoms with Crippen molar-refractivity contribution in [2.45, 2.75) is 29.6 Å². The first-order valence-electron chi connectivity index (χ1n) is 6.77. The molecular weight excluding hydrogens is 274 g/mol. The Morgan fingerprint density at radius 3 is 3.21 bits per heavy atom. The van der Waals surface area contributed by atoms with Gasteiger partial charge in [-0.3, -0.25) is 0 Å². The van der Waals surface area contributed by atoms with Crippen LogP contribution < -0.4 is 10.6 Å². The van der Waals surface area contributed by atoms with Crippen LogP contribution in [0.1, 0.15) is 19.3 Å². The lowest BCUT2D eigenvalue weighted by Crippen LogP contribution is -2.21. The van der Waals surface area contributed by atoms with Crippen molar-refractivity contribution in [1.82, 2.24) is 10.3 Å².